The summed E-state index contributed by atoms with van der Waals surface area (Å²) < 4.78 is 0. The van der Waals surface area contributed by atoms with Gasteiger partial charge in [-0.25, -0.2) is 0 Å². The molecule has 0 aromatic heterocycles. The van der Waals surface area contributed by atoms with Gasteiger partial charge in [0.25, 0.3) is 0 Å². The highest BCUT2D eigenvalue weighted by atomic mass is 16.3. The Balaban J connectivity index is 2.08. The van der Waals surface area contributed by atoms with Gasteiger partial charge in [0, 0.05) is 5.92 Å². The lowest BCUT2D eigenvalue weighted by Gasteiger charge is -2.61. The average Bonchev–Trinajstić information content (AvgIpc) is 2.13. The Bertz CT molecular complexity index is 301. The molecule has 4 saturated carbocycles. The molecule has 1 N–H and O–H groups in total. The zero-order valence-corrected chi connectivity index (χ0v) is 8.58. The topological polar surface area (TPSA) is 44.0 Å². The van der Waals surface area contributed by atoms with Crippen LogP contribution in [-0.4, -0.2) is 10.7 Å². The molecular weight excluding hydrogens is 174 g/mol. The van der Waals surface area contributed by atoms with Gasteiger partial charge in [0.15, 0.2) is 0 Å². The van der Waals surface area contributed by atoms with Crippen molar-refractivity contribution >= 4 is 0 Å². The van der Waals surface area contributed by atoms with Gasteiger partial charge in [0.05, 0.1) is 17.1 Å². The van der Waals surface area contributed by atoms with Gasteiger partial charge in [0.1, 0.15) is 0 Å². The Morgan fingerprint density at radius 1 is 1.36 bits per heavy atom. The number of nitriles is 1. The molecule has 0 spiro atoms. The second-order valence-corrected chi connectivity index (χ2v) is 5.65. The number of rotatable bonds is 0. The predicted molar refractivity (Wildman–Crippen MR) is 52.0 cm³/mol. The van der Waals surface area contributed by atoms with Crippen molar-refractivity contribution in [3.63, 3.8) is 0 Å². The molecule has 2 nitrogen and oxygen atoms in total. The van der Waals surface area contributed by atoms with Crippen LogP contribution in [0.5, 0.6) is 0 Å². The van der Waals surface area contributed by atoms with Crippen molar-refractivity contribution < 1.29 is 5.11 Å². The molecule has 4 aliphatic carbocycles. The molecule has 0 aliphatic heterocycles. The third kappa shape index (κ3) is 0.803. The Kier molecular flexibility index (Phi) is 1.46. The fourth-order valence-electron chi connectivity index (χ4n) is 4.13. The summed E-state index contributed by atoms with van der Waals surface area (Å²) in [6.45, 7) is 1.86. The molecule has 14 heavy (non-hydrogen) atoms. The molecule has 0 heterocycles. The fraction of sp³-hybridized carbons (Fsp3) is 0.833. The molecule has 0 saturated heterocycles. The number of hydrogen-bond donors (Lipinski definition) is 1. The Morgan fingerprint density at radius 2 is 1.93 bits per heavy atom. The zero-order chi connectivity index (χ0) is 9.97. The zero-order valence-electron chi connectivity index (χ0n) is 8.58. The summed E-state index contributed by atoms with van der Waals surface area (Å²) in [5.41, 5.74) is -1.23. The Labute approximate surface area is 84.9 Å². The van der Waals surface area contributed by atoms with Crippen molar-refractivity contribution in [2.75, 3.05) is 0 Å². The number of hydrogen-bond acceptors (Lipinski definition) is 2. The lowest BCUT2D eigenvalue weighted by atomic mass is 9.44. The first kappa shape index (κ1) is 8.73. The summed E-state index contributed by atoms with van der Waals surface area (Å²) >= 11 is 0. The Morgan fingerprint density at radius 3 is 2.43 bits per heavy atom. The Hall–Kier alpha value is -0.550. The quantitative estimate of drug-likeness (QED) is 0.635. The summed E-state index contributed by atoms with van der Waals surface area (Å²) in [7, 11) is 0. The molecule has 4 aliphatic rings. The smallest absolute Gasteiger partial charge is 0.0868 e. The van der Waals surface area contributed by atoms with Crippen LogP contribution in [0.1, 0.15) is 39.0 Å². The SMILES string of the molecule is CC1(O)[C]2CC3CC(C2)CC1(C#N)C3. The third-order valence-electron chi connectivity index (χ3n) is 4.85. The van der Waals surface area contributed by atoms with E-state index in [0.29, 0.717) is 11.8 Å². The van der Waals surface area contributed by atoms with E-state index in [0.717, 1.165) is 25.7 Å². The molecule has 2 heteroatoms. The van der Waals surface area contributed by atoms with Crippen molar-refractivity contribution in [2.24, 2.45) is 17.3 Å². The van der Waals surface area contributed by atoms with Crippen molar-refractivity contribution in [1.82, 2.24) is 0 Å². The maximum atomic E-state index is 10.5. The van der Waals surface area contributed by atoms with Gasteiger partial charge in [-0.15, -0.1) is 0 Å². The average molecular weight is 190 g/mol. The van der Waals surface area contributed by atoms with Crippen LogP contribution in [0.15, 0.2) is 0 Å². The lowest BCUT2D eigenvalue weighted by molar-refractivity contribution is -0.130. The van der Waals surface area contributed by atoms with Crippen LogP contribution >= 0.6 is 0 Å². The van der Waals surface area contributed by atoms with Crippen LogP contribution in [0.3, 0.4) is 0 Å². The molecule has 0 amide bonds. The highest BCUT2D eigenvalue weighted by molar-refractivity contribution is 5.31. The molecule has 1 radical (unpaired) electrons. The minimum atomic E-state index is -0.796. The fourth-order valence-corrected chi connectivity index (χ4v) is 4.13. The standard InChI is InChI=1S/C12H16NO/c1-11(14)10-3-8-2-9(4-10)6-12(11,5-8)7-13/h8-9,14H,2-6H2,1H3. The summed E-state index contributed by atoms with van der Waals surface area (Å²) in [5, 5.41) is 19.8. The molecule has 4 bridgehead atoms. The summed E-state index contributed by atoms with van der Waals surface area (Å²) in [6.07, 6.45) is 5.30. The van der Waals surface area contributed by atoms with Crippen LogP contribution in [0, 0.1) is 34.5 Å². The summed E-state index contributed by atoms with van der Waals surface area (Å²) in [5.74, 6) is 2.65. The van der Waals surface area contributed by atoms with Gasteiger partial charge < -0.3 is 5.11 Å². The molecule has 0 aromatic carbocycles. The van der Waals surface area contributed by atoms with Crippen LogP contribution in [0.4, 0.5) is 0 Å². The van der Waals surface area contributed by atoms with Crippen molar-refractivity contribution in [1.29, 1.82) is 5.26 Å². The normalized spacial score (nSPS) is 56.1. The maximum absolute atomic E-state index is 10.5. The second-order valence-electron chi connectivity index (χ2n) is 5.65. The molecule has 4 fully saturated rings. The van der Waals surface area contributed by atoms with E-state index < -0.39 is 11.0 Å². The summed E-state index contributed by atoms with van der Waals surface area (Å²) in [4.78, 5) is 0. The van der Waals surface area contributed by atoms with E-state index in [1.807, 2.05) is 6.92 Å². The third-order valence-corrected chi connectivity index (χ3v) is 4.85. The van der Waals surface area contributed by atoms with E-state index in [4.69, 9.17) is 0 Å². The van der Waals surface area contributed by atoms with Gasteiger partial charge in [-0.05, 0) is 50.9 Å². The van der Waals surface area contributed by atoms with Crippen molar-refractivity contribution in [3.05, 3.63) is 5.92 Å². The highest BCUT2D eigenvalue weighted by Crippen LogP contribution is 2.64. The lowest BCUT2D eigenvalue weighted by Crippen LogP contribution is -2.61. The van der Waals surface area contributed by atoms with Gasteiger partial charge in [-0.2, -0.15) is 5.26 Å². The summed E-state index contributed by atoms with van der Waals surface area (Å²) in [6, 6.07) is 2.43. The molecule has 3 atom stereocenters. The molecule has 0 aromatic rings. The van der Waals surface area contributed by atoms with Gasteiger partial charge in [0.2, 0.25) is 0 Å². The first-order valence-corrected chi connectivity index (χ1v) is 5.56. The first-order chi connectivity index (χ1) is 6.57. The van der Waals surface area contributed by atoms with Gasteiger partial charge in [-0.3, -0.25) is 0 Å². The van der Waals surface area contributed by atoms with Crippen LogP contribution in [0.2, 0.25) is 0 Å². The van der Waals surface area contributed by atoms with Crippen LogP contribution < -0.4 is 0 Å². The molecule has 75 valence electrons. The van der Waals surface area contributed by atoms with E-state index in [2.05, 4.69) is 6.07 Å². The van der Waals surface area contributed by atoms with E-state index in [9.17, 15) is 10.4 Å². The van der Waals surface area contributed by atoms with Crippen LogP contribution in [-0.2, 0) is 0 Å². The molecule has 4 rings (SSSR count). The largest absolute Gasteiger partial charge is 0.388 e. The maximum Gasteiger partial charge on any atom is 0.0868 e. The van der Waals surface area contributed by atoms with E-state index >= 15 is 0 Å². The monoisotopic (exact) mass is 190 g/mol. The first-order valence-electron chi connectivity index (χ1n) is 5.56. The predicted octanol–water partition coefficient (Wildman–Crippen LogP) is 2.05. The molecule has 3 unspecified atom stereocenters. The second kappa shape index (κ2) is 2.33. The van der Waals surface area contributed by atoms with Gasteiger partial charge >= 0.3 is 0 Å². The van der Waals surface area contributed by atoms with Crippen molar-refractivity contribution in [3.8, 4) is 6.07 Å². The van der Waals surface area contributed by atoms with E-state index in [1.165, 1.54) is 12.3 Å². The van der Waals surface area contributed by atoms with Crippen molar-refractivity contribution in [2.45, 2.75) is 44.6 Å². The number of aliphatic hydroxyl groups is 1. The van der Waals surface area contributed by atoms with E-state index in [1.54, 1.807) is 0 Å². The highest BCUT2D eigenvalue weighted by Gasteiger charge is 2.63. The van der Waals surface area contributed by atoms with Gasteiger partial charge in [-0.1, -0.05) is 0 Å². The minimum absolute atomic E-state index is 0.438. The molecular formula is C12H16NO. The van der Waals surface area contributed by atoms with E-state index in [-0.39, 0.29) is 0 Å². The minimum Gasteiger partial charge on any atom is -0.388 e. The number of nitrogens with zero attached hydrogens (tertiary/aromatic N) is 1. The van der Waals surface area contributed by atoms with Crippen LogP contribution in [0.25, 0.3) is 0 Å².